The molecule has 0 spiro atoms. The third kappa shape index (κ3) is 4.50. The Hall–Kier alpha value is -1.65. The zero-order valence-electron chi connectivity index (χ0n) is 10.6. The van der Waals surface area contributed by atoms with Gasteiger partial charge in [0, 0.05) is 6.54 Å². The summed E-state index contributed by atoms with van der Waals surface area (Å²) >= 11 is 1.71. The summed E-state index contributed by atoms with van der Waals surface area (Å²) in [7, 11) is 0. The van der Waals surface area contributed by atoms with E-state index in [1.807, 2.05) is 24.3 Å². The van der Waals surface area contributed by atoms with Gasteiger partial charge in [-0.15, -0.1) is 0 Å². The molecular formula is C15H17NO2S. The Balaban J connectivity index is 1.83. The van der Waals surface area contributed by atoms with Crippen molar-refractivity contribution >= 4 is 17.3 Å². The molecule has 0 unspecified atom stereocenters. The van der Waals surface area contributed by atoms with Gasteiger partial charge in [-0.25, -0.2) is 0 Å². The highest BCUT2D eigenvalue weighted by Crippen LogP contribution is 2.10. The highest BCUT2D eigenvalue weighted by molar-refractivity contribution is 7.07. The first-order valence-corrected chi connectivity index (χ1v) is 7.20. The minimum absolute atomic E-state index is 0.0857. The van der Waals surface area contributed by atoms with E-state index in [9.17, 15) is 4.79 Å². The Morgan fingerprint density at radius 2 is 2.00 bits per heavy atom. The SMILES string of the molecule is O=C(O)Cc1ccccc1CNCCc1ccsc1. The zero-order valence-corrected chi connectivity index (χ0v) is 11.5. The normalized spacial score (nSPS) is 10.5. The number of carbonyl (C=O) groups is 1. The summed E-state index contributed by atoms with van der Waals surface area (Å²) < 4.78 is 0. The molecule has 0 saturated carbocycles. The Morgan fingerprint density at radius 3 is 2.68 bits per heavy atom. The van der Waals surface area contributed by atoms with Gasteiger partial charge >= 0.3 is 5.97 Å². The van der Waals surface area contributed by atoms with Gasteiger partial charge < -0.3 is 10.4 Å². The van der Waals surface area contributed by atoms with Crippen LogP contribution >= 0.6 is 11.3 Å². The van der Waals surface area contributed by atoms with E-state index in [1.54, 1.807) is 11.3 Å². The van der Waals surface area contributed by atoms with Gasteiger partial charge in [0.1, 0.15) is 0 Å². The number of nitrogens with one attached hydrogen (secondary N) is 1. The van der Waals surface area contributed by atoms with E-state index in [2.05, 4.69) is 22.1 Å². The lowest BCUT2D eigenvalue weighted by Gasteiger charge is -2.08. The van der Waals surface area contributed by atoms with Gasteiger partial charge in [0.15, 0.2) is 0 Å². The molecule has 0 bridgehead atoms. The second-order valence-corrected chi connectivity index (χ2v) is 5.18. The minimum atomic E-state index is -0.786. The molecule has 3 nitrogen and oxygen atoms in total. The predicted molar refractivity (Wildman–Crippen MR) is 77.5 cm³/mol. The third-order valence-corrected chi connectivity index (χ3v) is 3.68. The molecule has 0 aliphatic carbocycles. The van der Waals surface area contributed by atoms with E-state index in [1.165, 1.54) is 5.56 Å². The van der Waals surface area contributed by atoms with Gasteiger partial charge in [0.2, 0.25) is 0 Å². The number of carboxylic acids is 1. The number of hydrogen-bond acceptors (Lipinski definition) is 3. The standard InChI is InChI=1S/C15H17NO2S/c17-15(18)9-13-3-1-2-4-14(13)10-16-7-5-12-6-8-19-11-12/h1-4,6,8,11,16H,5,7,9-10H2,(H,17,18). The number of benzene rings is 1. The summed E-state index contributed by atoms with van der Waals surface area (Å²) in [6.45, 7) is 1.62. The first-order valence-electron chi connectivity index (χ1n) is 6.26. The zero-order chi connectivity index (χ0) is 13.5. The lowest BCUT2D eigenvalue weighted by molar-refractivity contribution is -0.136. The number of hydrogen-bond donors (Lipinski definition) is 2. The van der Waals surface area contributed by atoms with Gasteiger partial charge in [-0.05, 0) is 46.5 Å². The average Bonchev–Trinajstić information content (AvgIpc) is 2.89. The van der Waals surface area contributed by atoms with Crippen LogP contribution in [0.15, 0.2) is 41.1 Å². The molecule has 100 valence electrons. The number of carboxylic acid groups (broad SMARTS) is 1. The van der Waals surface area contributed by atoms with Crippen LogP contribution in [0, 0.1) is 0 Å². The van der Waals surface area contributed by atoms with Crippen molar-refractivity contribution in [3.63, 3.8) is 0 Å². The fourth-order valence-electron chi connectivity index (χ4n) is 1.96. The van der Waals surface area contributed by atoms with Crippen molar-refractivity contribution in [2.75, 3.05) is 6.54 Å². The molecular weight excluding hydrogens is 258 g/mol. The fraction of sp³-hybridized carbons (Fsp3) is 0.267. The Labute approximate surface area is 116 Å². The molecule has 0 atom stereocenters. The topological polar surface area (TPSA) is 49.3 Å². The molecule has 2 rings (SSSR count). The third-order valence-electron chi connectivity index (χ3n) is 2.95. The van der Waals surface area contributed by atoms with Crippen molar-refractivity contribution in [1.29, 1.82) is 0 Å². The number of aliphatic carboxylic acids is 1. The van der Waals surface area contributed by atoms with Crippen LogP contribution in [0.2, 0.25) is 0 Å². The number of rotatable bonds is 7. The van der Waals surface area contributed by atoms with Crippen molar-refractivity contribution in [3.05, 3.63) is 57.8 Å². The van der Waals surface area contributed by atoms with Crippen LogP contribution in [0.5, 0.6) is 0 Å². The van der Waals surface area contributed by atoms with E-state index in [4.69, 9.17) is 5.11 Å². The Bertz CT molecular complexity index is 523. The summed E-state index contributed by atoms with van der Waals surface area (Å²) in [6, 6.07) is 9.82. The summed E-state index contributed by atoms with van der Waals surface area (Å²) in [4.78, 5) is 10.8. The minimum Gasteiger partial charge on any atom is -0.481 e. The molecule has 1 aromatic carbocycles. The molecule has 0 aliphatic heterocycles. The Morgan fingerprint density at radius 1 is 1.21 bits per heavy atom. The maximum atomic E-state index is 10.8. The molecule has 19 heavy (non-hydrogen) atoms. The van der Waals surface area contributed by atoms with Gasteiger partial charge in [0.25, 0.3) is 0 Å². The van der Waals surface area contributed by atoms with Crippen LogP contribution in [-0.4, -0.2) is 17.6 Å². The number of thiophene rings is 1. The van der Waals surface area contributed by atoms with Crippen molar-refractivity contribution in [3.8, 4) is 0 Å². The summed E-state index contributed by atoms with van der Waals surface area (Å²) in [5.41, 5.74) is 3.30. The van der Waals surface area contributed by atoms with Gasteiger partial charge in [-0.1, -0.05) is 24.3 Å². The molecule has 0 saturated heterocycles. The summed E-state index contributed by atoms with van der Waals surface area (Å²) in [6.07, 6.45) is 1.09. The van der Waals surface area contributed by atoms with Gasteiger partial charge in [0.05, 0.1) is 6.42 Å². The quantitative estimate of drug-likeness (QED) is 0.764. The van der Waals surface area contributed by atoms with Gasteiger partial charge in [-0.3, -0.25) is 4.79 Å². The first-order chi connectivity index (χ1) is 9.25. The monoisotopic (exact) mass is 275 g/mol. The fourth-order valence-corrected chi connectivity index (χ4v) is 2.66. The van der Waals surface area contributed by atoms with E-state index in [0.29, 0.717) is 6.54 Å². The predicted octanol–water partition coefficient (Wildman–Crippen LogP) is 2.71. The second-order valence-electron chi connectivity index (χ2n) is 4.40. The van der Waals surface area contributed by atoms with E-state index in [-0.39, 0.29) is 6.42 Å². The lowest BCUT2D eigenvalue weighted by Crippen LogP contribution is -2.18. The lowest BCUT2D eigenvalue weighted by atomic mass is 10.0. The first kappa shape index (κ1) is 13.8. The van der Waals surface area contributed by atoms with Crippen LogP contribution in [-0.2, 0) is 24.2 Å². The molecule has 0 fully saturated rings. The molecule has 0 radical (unpaired) electrons. The van der Waals surface area contributed by atoms with Gasteiger partial charge in [-0.2, -0.15) is 11.3 Å². The van der Waals surface area contributed by atoms with Crippen molar-refractivity contribution in [2.24, 2.45) is 0 Å². The molecule has 0 aliphatic rings. The van der Waals surface area contributed by atoms with Crippen LogP contribution in [0.25, 0.3) is 0 Å². The molecule has 1 aromatic heterocycles. The van der Waals surface area contributed by atoms with Crippen molar-refractivity contribution < 1.29 is 9.90 Å². The van der Waals surface area contributed by atoms with Crippen LogP contribution in [0.4, 0.5) is 0 Å². The molecule has 1 heterocycles. The Kier molecular flexibility index (Phi) is 5.12. The molecule has 2 N–H and O–H groups in total. The highest BCUT2D eigenvalue weighted by Gasteiger charge is 2.05. The molecule has 4 heteroatoms. The van der Waals surface area contributed by atoms with Crippen molar-refractivity contribution in [2.45, 2.75) is 19.4 Å². The van der Waals surface area contributed by atoms with E-state index < -0.39 is 5.97 Å². The maximum Gasteiger partial charge on any atom is 0.307 e. The summed E-state index contributed by atoms with van der Waals surface area (Å²) in [5.74, 6) is -0.786. The van der Waals surface area contributed by atoms with Crippen molar-refractivity contribution in [1.82, 2.24) is 5.32 Å². The smallest absolute Gasteiger partial charge is 0.307 e. The van der Waals surface area contributed by atoms with E-state index >= 15 is 0 Å². The molecule has 0 amide bonds. The average molecular weight is 275 g/mol. The second kappa shape index (κ2) is 7.07. The van der Waals surface area contributed by atoms with E-state index in [0.717, 1.165) is 24.1 Å². The largest absolute Gasteiger partial charge is 0.481 e. The van der Waals surface area contributed by atoms with Crippen LogP contribution in [0.3, 0.4) is 0 Å². The van der Waals surface area contributed by atoms with Crippen LogP contribution in [0.1, 0.15) is 16.7 Å². The molecule has 2 aromatic rings. The highest BCUT2D eigenvalue weighted by atomic mass is 32.1. The summed E-state index contributed by atoms with van der Waals surface area (Å²) in [5, 5.41) is 16.5. The maximum absolute atomic E-state index is 10.8. The van der Waals surface area contributed by atoms with Crippen LogP contribution < -0.4 is 5.32 Å².